The lowest BCUT2D eigenvalue weighted by molar-refractivity contribution is -0.132. The number of hydrogen-bond donors (Lipinski definition) is 1. The van der Waals surface area contributed by atoms with Gasteiger partial charge in [-0.15, -0.1) is 0 Å². The highest BCUT2D eigenvalue weighted by atomic mass is 32.2. The molecule has 0 radical (unpaired) electrons. The van der Waals surface area contributed by atoms with E-state index in [1.54, 1.807) is 11.8 Å². The van der Waals surface area contributed by atoms with Crippen LogP contribution in [0, 0.1) is 5.92 Å². The van der Waals surface area contributed by atoms with Gasteiger partial charge in [-0.25, -0.2) is 4.79 Å². The van der Waals surface area contributed by atoms with Gasteiger partial charge in [0, 0.05) is 11.3 Å². The van der Waals surface area contributed by atoms with E-state index < -0.39 is 5.97 Å². The second-order valence-corrected chi connectivity index (χ2v) is 4.60. The van der Waals surface area contributed by atoms with Gasteiger partial charge in [0.25, 0.3) is 0 Å². The SMILES string of the molecule is C=C(CSCC1CCCC1)C(=O)O. The van der Waals surface area contributed by atoms with Gasteiger partial charge in [0.2, 0.25) is 0 Å². The van der Waals surface area contributed by atoms with Crippen LogP contribution in [0.25, 0.3) is 0 Å². The largest absolute Gasteiger partial charge is 0.478 e. The number of carboxylic acids is 1. The Bertz CT molecular complexity index is 195. The van der Waals surface area contributed by atoms with Gasteiger partial charge in [0.05, 0.1) is 0 Å². The molecule has 74 valence electrons. The summed E-state index contributed by atoms with van der Waals surface area (Å²) in [5, 5.41) is 8.56. The predicted molar refractivity (Wildman–Crippen MR) is 56.1 cm³/mol. The third-order valence-corrected chi connectivity index (χ3v) is 3.67. The Balaban J connectivity index is 2.06. The highest BCUT2D eigenvalue weighted by Crippen LogP contribution is 2.28. The first kappa shape index (κ1) is 10.6. The van der Waals surface area contributed by atoms with E-state index in [0.717, 1.165) is 11.7 Å². The maximum absolute atomic E-state index is 10.4. The second kappa shape index (κ2) is 5.32. The molecule has 0 heterocycles. The van der Waals surface area contributed by atoms with Crippen molar-refractivity contribution in [3.8, 4) is 0 Å². The van der Waals surface area contributed by atoms with Crippen molar-refractivity contribution in [3.05, 3.63) is 12.2 Å². The Morgan fingerprint density at radius 2 is 2.08 bits per heavy atom. The van der Waals surface area contributed by atoms with Crippen LogP contribution in [0.2, 0.25) is 0 Å². The van der Waals surface area contributed by atoms with Gasteiger partial charge < -0.3 is 5.11 Å². The molecule has 0 atom stereocenters. The quantitative estimate of drug-likeness (QED) is 0.693. The average Bonchev–Trinajstić information content (AvgIpc) is 2.56. The molecule has 2 nitrogen and oxygen atoms in total. The third kappa shape index (κ3) is 3.85. The van der Waals surface area contributed by atoms with Crippen LogP contribution < -0.4 is 0 Å². The zero-order valence-corrected chi connectivity index (χ0v) is 8.61. The third-order valence-electron chi connectivity index (χ3n) is 2.41. The van der Waals surface area contributed by atoms with Gasteiger partial charge in [-0.05, 0) is 24.5 Å². The van der Waals surface area contributed by atoms with E-state index in [-0.39, 0.29) is 0 Å². The van der Waals surface area contributed by atoms with E-state index in [9.17, 15) is 4.79 Å². The fraction of sp³-hybridized carbons (Fsp3) is 0.700. The van der Waals surface area contributed by atoms with Gasteiger partial charge in [-0.1, -0.05) is 19.4 Å². The Hall–Kier alpha value is -0.440. The molecule has 0 aliphatic heterocycles. The molecule has 13 heavy (non-hydrogen) atoms. The molecule has 0 spiro atoms. The van der Waals surface area contributed by atoms with E-state index in [4.69, 9.17) is 5.11 Å². The van der Waals surface area contributed by atoms with Crippen molar-refractivity contribution < 1.29 is 9.90 Å². The zero-order valence-electron chi connectivity index (χ0n) is 7.79. The standard InChI is InChI=1S/C10H16O2S/c1-8(10(11)12)6-13-7-9-4-2-3-5-9/h9H,1-7H2,(H,11,12). The summed E-state index contributed by atoms with van der Waals surface area (Å²) in [4.78, 5) is 10.4. The Morgan fingerprint density at radius 1 is 1.46 bits per heavy atom. The Morgan fingerprint density at radius 3 is 2.62 bits per heavy atom. The first-order valence-electron chi connectivity index (χ1n) is 4.69. The van der Waals surface area contributed by atoms with E-state index in [1.165, 1.54) is 25.7 Å². The van der Waals surface area contributed by atoms with Crippen LogP contribution in [-0.4, -0.2) is 22.6 Å². The van der Waals surface area contributed by atoms with Crippen molar-refractivity contribution in [1.82, 2.24) is 0 Å². The molecule has 0 saturated heterocycles. The normalized spacial score (nSPS) is 17.5. The number of aliphatic carboxylic acids is 1. The lowest BCUT2D eigenvalue weighted by Gasteiger charge is -2.07. The highest BCUT2D eigenvalue weighted by Gasteiger charge is 2.15. The summed E-state index contributed by atoms with van der Waals surface area (Å²) in [6.07, 6.45) is 5.36. The smallest absolute Gasteiger partial charge is 0.331 e. The number of carboxylic acid groups (broad SMARTS) is 1. The van der Waals surface area contributed by atoms with E-state index in [2.05, 4.69) is 6.58 Å². The van der Waals surface area contributed by atoms with Gasteiger partial charge in [0.1, 0.15) is 0 Å². The Kier molecular flexibility index (Phi) is 4.36. The van der Waals surface area contributed by atoms with Crippen molar-refractivity contribution in [2.24, 2.45) is 5.92 Å². The second-order valence-electron chi connectivity index (χ2n) is 3.57. The van der Waals surface area contributed by atoms with Crippen LogP contribution in [0.3, 0.4) is 0 Å². The molecule has 0 amide bonds. The number of rotatable bonds is 5. The molecule has 1 saturated carbocycles. The van der Waals surface area contributed by atoms with Gasteiger partial charge in [-0.2, -0.15) is 11.8 Å². The number of thioether (sulfide) groups is 1. The molecular weight excluding hydrogens is 184 g/mol. The molecule has 3 heteroatoms. The fourth-order valence-corrected chi connectivity index (χ4v) is 2.74. The molecule has 1 aliphatic rings. The summed E-state index contributed by atoms with van der Waals surface area (Å²) in [6.45, 7) is 3.50. The molecule has 1 N–H and O–H groups in total. The molecule has 0 unspecified atom stereocenters. The molecule has 0 aromatic carbocycles. The predicted octanol–water partition coefficient (Wildman–Crippen LogP) is 2.55. The first-order chi connectivity index (χ1) is 6.20. The van der Waals surface area contributed by atoms with Crippen molar-refractivity contribution in [3.63, 3.8) is 0 Å². The van der Waals surface area contributed by atoms with Crippen LogP contribution in [0.1, 0.15) is 25.7 Å². The van der Waals surface area contributed by atoms with Crippen LogP contribution in [0.15, 0.2) is 12.2 Å². The minimum absolute atomic E-state index is 0.322. The molecule has 0 aromatic heterocycles. The maximum Gasteiger partial charge on any atom is 0.331 e. The topological polar surface area (TPSA) is 37.3 Å². The molecule has 1 aliphatic carbocycles. The summed E-state index contributed by atoms with van der Waals surface area (Å²) < 4.78 is 0. The molecule has 1 fully saturated rings. The number of hydrogen-bond acceptors (Lipinski definition) is 2. The van der Waals surface area contributed by atoms with Crippen molar-refractivity contribution >= 4 is 17.7 Å². The monoisotopic (exact) mass is 200 g/mol. The molecular formula is C10H16O2S. The first-order valence-corrected chi connectivity index (χ1v) is 5.84. The summed E-state index contributed by atoms with van der Waals surface area (Å²) >= 11 is 1.71. The summed E-state index contributed by atoms with van der Waals surface area (Å²) in [6, 6.07) is 0. The van der Waals surface area contributed by atoms with Crippen LogP contribution in [0.5, 0.6) is 0 Å². The molecule has 0 aromatic rings. The lowest BCUT2D eigenvalue weighted by atomic mass is 10.1. The van der Waals surface area contributed by atoms with E-state index >= 15 is 0 Å². The lowest BCUT2D eigenvalue weighted by Crippen LogP contribution is -2.04. The molecule has 0 bridgehead atoms. The maximum atomic E-state index is 10.4. The van der Waals surface area contributed by atoms with Crippen molar-refractivity contribution in [2.75, 3.05) is 11.5 Å². The van der Waals surface area contributed by atoms with Crippen LogP contribution in [-0.2, 0) is 4.79 Å². The number of carbonyl (C=O) groups is 1. The van der Waals surface area contributed by atoms with Crippen LogP contribution in [0.4, 0.5) is 0 Å². The van der Waals surface area contributed by atoms with Gasteiger partial charge in [0.15, 0.2) is 0 Å². The van der Waals surface area contributed by atoms with Crippen molar-refractivity contribution in [2.45, 2.75) is 25.7 Å². The minimum Gasteiger partial charge on any atom is -0.478 e. The molecule has 1 rings (SSSR count). The Labute approximate surface area is 83.4 Å². The zero-order chi connectivity index (χ0) is 9.68. The van der Waals surface area contributed by atoms with Crippen molar-refractivity contribution in [1.29, 1.82) is 0 Å². The van der Waals surface area contributed by atoms with E-state index in [1.807, 2.05) is 0 Å². The minimum atomic E-state index is -0.862. The highest BCUT2D eigenvalue weighted by molar-refractivity contribution is 7.99. The van der Waals surface area contributed by atoms with Crippen LogP contribution >= 0.6 is 11.8 Å². The summed E-state index contributed by atoms with van der Waals surface area (Å²) in [5.41, 5.74) is 0.322. The summed E-state index contributed by atoms with van der Waals surface area (Å²) in [7, 11) is 0. The van der Waals surface area contributed by atoms with Gasteiger partial charge in [-0.3, -0.25) is 0 Å². The van der Waals surface area contributed by atoms with E-state index in [0.29, 0.717) is 11.3 Å². The van der Waals surface area contributed by atoms with Gasteiger partial charge >= 0.3 is 5.97 Å². The summed E-state index contributed by atoms with van der Waals surface area (Å²) in [5.74, 6) is 1.64. The average molecular weight is 200 g/mol. The fourth-order valence-electron chi connectivity index (χ4n) is 1.59.